The monoisotopic (exact) mass is 637 g/mol. The van der Waals surface area contributed by atoms with Crippen molar-refractivity contribution in [2.45, 2.75) is 57.4 Å². The summed E-state index contributed by atoms with van der Waals surface area (Å²) in [7, 11) is 0. The number of pyridine rings is 1. The molecular formula is C37H33ClFN3O4. The normalized spacial score (nSPS) is 22.8. The molecule has 7 rings (SSSR count). The topological polar surface area (TPSA) is 104 Å². The third-order valence-electron chi connectivity index (χ3n) is 9.81. The van der Waals surface area contributed by atoms with Gasteiger partial charge in [-0.2, -0.15) is 5.26 Å². The second-order valence-corrected chi connectivity index (χ2v) is 12.9. The van der Waals surface area contributed by atoms with Gasteiger partial charge >= 0.3 is 5.97 Å². The second-order valence-electron chi connectivity index (χ2n) is 12.5. The van der Waals surface area contributed by atoms with E-state index in [1.165, 1.54) is 12.3 Å². The highest BCUT2D eigenvalue weighted by atomic mass is 35.5. The van der Waals surface area contributed by atoms with E-state index in [0.29, 0.717) is 46.5 Å². The van der Waals surface area contributed by atoms with Crippen LogP contribution in [0.5, 0.6) is 11.5 Å². The van der Waals surface area contributed by atoms with Crippen molar-refractivity contribution >= 4 is 17.6 Å². The molecule has 2 fully saturated rings. The van der Waals surface area contributed by atoms with Crippen LogP contribution in [0.25, 0.3) is 11.1 Å². The van der Waals surface area contributed by atoms with Crippen molar-refractivity contribution in [3.63, 3.8) is 0 Å². The average Bonchev–Trinajstić information content (AvgIpc) is 3.80. The lowest BCUT2D eigenvalue weighted by Gasteiger charge is -2.29. The van der Waals surface area contributed by atoms with Crippen molar-refractivity contribution in [2.75, 3.05) is 0 Å². The number of nitrogens with one attached hydrogen (secondary N) is 1. The molecular weight excluding hydrogens is 605 g/mol. The van der Waals surface area contributed by atoms with Crippen LogP contribution in [-0.4, -0.2) is 22.1 Å². The minimum absolute atomic E-state index is 0.117. The molecule has 0 spiro atoms. The fraction of sp³-hybridized carbons (Fsp3) is 0.324. The first kappa shape index (κ1) is 30.2. The summed E-state index contributed by atoms with van der Waals surface area (Å²) in [4.78, 5) is 16.3. The first-order chi connectivity index (χ1) is 22.4. The summed E-state index contributed by atoms with van der Waals surface area (Å²) in [6, 6.07) is 20.0. The van der Waals surface area contributed by atoms with Crippen molar-refractivity contribution in [1.82, 2.24) is 10.3 Å². The molecule has 1 unspecified atom stereocenters. The first-order valence-corrected chi connectivity index (χ1v) is 16.1. The Balaban J connectivity index is 1.16. The number of ether oxygens (including phenoxy) is 2. The summed E-state index contributed by atoms with van der Waals surface area (Å²) in [5.41, 5.74) is 5.46. The number of carbonyl (C=O) groups is 1. The zero-order valence-electron chi connectivity index (χ0n) is 25.1. The molecule has 234 valence electrons. The highest BCUT2D eigenvalue weighted by Gasteiger charge is 2.50. The van der Waals surface area contributed by atoms with Gasteiger partial charge in [-0.1, -0.05) is 48.0 Å². The summed E-state index contributed by atoms with van der Waals surface area (Å²) in [6.45, 7) is 0.544. The van der Waals surface area contributed by atoms with Gasteiger partial charge in [0.25, 0.3) is 0 Å². The van der Waals surface area contributed by atoms with Crippen molar-refractivity contribution in [2.24, 2.45) is 17.8 Å². The second kappa shape index (κ2) is 12.7. The van der Waals surface area contributed by atoms with Crippen molar-refractivity contribution < 1.29 is 23.8 Å². The number of rotatable bonds is 10. The number of fused-ring (bicyclic) bond motifs is 3. The summed E-state index contributed by atoms with van der Waals surface area (Å²) >= 11 is 6.85. The summed E-state index contributed by atoms with van der Waals surface area (Å²) in [5, 5.41) is 23.2. The Hall–Kier alpha value is -4.45. The number of benzene rings is 3. The van der Waals surface area contributed by atoms with E-state index in [4.69, 9.17) is 21.1 Å². The zero-order chi connectivity index (χ0) is 31.8. The van der Waals surface area contributed by atoms with Gasteiger partial charge < -0.3 is 19.9 Å². The highest BCUT2D eigenvalue weighted by molar-refractivity contribution is 6.32. The molecule has 3 aliphatic rings. The SMILES string of the molecule is N#Cc1cncc(COc2cc(O[C@H]3CCc4c(-c5ccccc5F)cccc43)c(Cl)cc2CN[C@@H]2[C@@H]3CCC(C3)[C@@H]2C(=O)O)c1. The van der Waals surface area contributed by atoms with E-state index in [2.05, 4.69) is 16.4 Å². The van der Waals surface area contributed by atoms with E-state index in [0.717, 1.165) is 53.5 Å². The van der Waals surface area contributed by atoms with Gasteiger partial charge in [0.15, 0.2) is 0 Å². The van der Waals surface area contributed by atoms with E-state index in [-0.39, 0.29) is 30.5 Å². The highest BCUT2D eigenvalue weighted by Crippen LogP contribution is 2.49. The van der Waals surface area contributed by atoms with E-state index in [9.17, 15) is 19.6 Å². The number of hydrogen-bond donors (Lipinski definition) is 2. The molecule has 5 atom stereocenters. The molecule has 1 aromatic heterocycles. The van der Waals surface area contributed by atoms with E-state index < -0.39 is 11.9 Å². The van der Waals surface area contributed by atoms with Gasteiger partial charge in [0.1, 0.15) is 36.1 Å². The molecule has 7 nitrogen and oxygen atoms in total. The fourth-order valence-corrected chi connectivity index (χ4v) is 7.95. The van der Waals surface area contributed by atoms with Crippen LogP contribution in [0.4, 0.5) is 4.39 Å². The Morgan fingerprint density at radius 1 is 1.04 bits per heavy atom. The van der Waals surface area contributed by atoms with E-state index >= 15 is 0 Å². The van der Waals surface area contributed by atoms with Crippen LogP contribution in [0.1, 0.15) is 59.6 Å². The Kier molecular flexibility index (Phi) is 8.37. The average molecular weight is 638 g/mol. The number of nitrogens with zero attached hydrogens (tertiary/aromatic N) is 2. The van der Waals surface area contributed by atoms with Crippen LogP contribution >= 0.6 is 11.6 Å². The van der Waals surface area contributed by atoms with E-state index in [1.54, 1.807) is 30.5 Å². The maximum atomic E-state index is 14.7. The molecule has 46 heavy (non-hydrogen) atoms. The predicted octanol–water partition coefficient (Wildman–Crippen LogP) is 7.65. The third-order valence-corrected chi connectivity index (χ3v) is 10.1. The Morgan fingerprint density at radius 2 is 1.87 bits per heavy atom. The van der Waals surface area contributed by atoms with Gasteiger partial charge in [0.05, 0.1) is 16.5 Å². The number of hydrogen-bond acceptors (Lipinski definition) is 6. The lowest BCUT2D eigenvalue weighted by atomic mass is 9.84. The maximum absolute atomic E-state index is 14.7. The third kappa shape index (κ3) is 5.81. The summed E-state index contributed by atoms with van der Waals surface area (Å²) < 4.78 is 27.6. The minimum Gasteiger partial charge on any atom is -0.488 e. The molecule has 2 saturated carbocycles. The summed E-state index contributed by atoms with van der Waals surface area (Å²) in [5.74, 6) is 0.142. The van der Waals surface area contributed by atoms with Crippen LogP contribution in [0.3, 0.4) is 0 Å². The number of aromatic nitrogens is 1. The van der Waals surface area contributed by atoms with Gasteiger partial charge in [-0.25, -0.2) is 4.39 Å². The smallest absolute Gasteiger partial charge is 0.308 e. The Labute approximate surface area is 272 Å². The van der Waals surface area contributed by atoms with Crippen LogP contribution in [0.2, 0.25) is 5.02 Å². The molecule has 3 aliphatic carbocycles. The molecule has 9 heteroatoms. The minimum atomic E-state index is -0.747. The molecule has 0 aliphatic heterocycles. The van der Waals surface area contributed by atoms with Crippen molar-refractivity contribution in [3.05, 3.63) is 112 Å². The molecule has 3 aromatic carbocycles. The lowest BCUT2D eigenvalue weighted by Crippen LogP contribution is -2.43. The van der Waals surface area contributed by atoms with Gasteiger partial charge in [0, 0.05) is 47.7 Å². The van der Waals surface area contributed by atoms with Gasteiger partial charge in [0.2, 0.25) is 0 Å². The molecule has 0 saturated heterocycles. The molecule has 1 heterocycles. The van der Waals surface area contributed by atoms with Gasteiger partial charge in [-0.05, 0) is 78.8 Å². The number of nitriles is 1. The Bertz CT molecular complexity index is 1840. The van der Waals surface area contributed by atoms with Crippen molar-refractivity contribution in [3.8, 4) is 28.7 Å². The van der Waals surface area contributed by atoms with Crippen LogP contribution in [0.15, 0.2) is 73.1 Å². The largest absolute Gasteiger partial charge is 0.488 e. The fourth-order valence-electron chi connectivity index (χ4n) is 7.72. The standard InChI is InChI=1S/C37H33ClFN3O4/c38-30-14-25(19-42-36-24-9-8-23(13-24)35(36)37(43)44)33(45-20-22-12-21(16-40)17-41-18-22)15-34(30)46-32-11-10-27-26(5-3-6-29(27)32)28-4-1-2-7-31(28)39/h1-7,12,14-15,17-18,23-24,32,35-36,42H,8-11,13,19-20H2,(H,43,44)/t23?,24-,32+,35+,36-/m1/s1. The van der Waals surface area contributed by atoms with E-state index in [1.807, 2.05) is 30.3 Å². The number of carboxylic acid groups (broad SMARTS) is 1. The van der Waals surface area contributed by atoms with Gasteiger partial charge in [-0.3, -0.25) is 9.78 Å². The quantitative estimate of drug-likeness (QED) is 0.184. The molecule has 2 N–H and O–H groups in total. The number of aliphatic carboxylic acids is 1. The molecule has 0 amide bonds. The Morgan fingerprint density at radius 3 is 2.70 bits per heavy atom. The zero-order valence-corrected chi connectivity index (χ0v) is 25.8. The molecule has 2 bridgehead atoms. The van der Waals surface area contributed by atoms with Gasteiger partial charge in [-0.15, -0.1) is 0 Å². The summed E-state index contributed by atoms with van der Waals surface area (Å²) in [6.07, 6.45) is 7.27. The predicted molar refractivity (Wildman–Crippen MR) is 171 cm³/mol. The first-order valence-electron chi connectivity index (χ1n) is 15.7. The van der Waals surface area contributed by atoms with Crippen LogP contribution < -0.4 is 14.8 Å². The van der Waals surface area contributed by atoms with Crippen LogP contribution in [-0.2, 0) is 24.4 Å². The maximum Gasteiger partial charge on any atom is 0.308 e. The molecule has 4 aromatic rings. The van der Waals surface area contributed by atoms with Crippen molar-refractivity contribution in [1.29, 1.82) is 5.26 Å². The van der Waals surface area contributed by atoms with Crippen LogP contribution in [0, 0.1) is 34.9 Å². The number of carboxylic acids is 1. The number of halogens is 2. The molecule has 0 radical (unpaired) electrons. The lowest BCUT2D eigenvalue weighted by molar-refractivity contribution is -0.144.